The average Bonchev–Trinajstić information content (AvgIpc) is 2.24. The zero-order valence-corrected chi connectivity index (χ0v) is 9.77. The van der Waals surface area contributed by atoms with Gasteiger partial charge in [-0.25, -0.2) is 0 Å². The van der Waals surface area contributed by atoms with Crippen molar-refractivity contribution in [2.24, 2.45) is 5.73 Å². The molecule has 0 aliphatic rings. The van der Waals surface area contributed by atoms with Gasteiger partial charge in [0.2, 0.25) is 5.91 Å². The van der Waals surface area contributed by atoms with Crippen LogP contribution in [0, 0.1) is 0 Å². The van der Waals surface area contributed by atoms with Crippen LogP contribution in [0.25, 0.3) is 0 Å². The number of esters is 1. The van der Waals surface area contributed by atoms with Crippen molar-refractivity contribution in [2.45, 2.75) is 12.8 Å². The molecule has 0 heterocycles. The van der Waals surface area contributed by atoms with Crippen LogP contribution >= 0.6 is 11.8 Å². The number of ether oxygens (including phenoxy) is 1. The summed E-state index contributed by atoms with van der Waals surface area (Å²) >= 11 is 1.50. The summed E-state index contributed by atoms with van der Waals surface area (Å²) in [6.45, 7) is 1.09. The predicted molar refractivity (Wildman–Crippen MR) is 60.6 cm³/mol. The van der Waals surface area contributed by atoms with Crippen molar-refractivity contribution in [2.75, 3.05) is 31.7 Å². The molecule has 0 saturated heterocycles. The van der Waals surface area contributed by atoms with Crippen LogP contribution in [0.15, 0.2) is 0 Å². The zero-order chi connectivity index (χ0) is 11.5. The first-order chi connectivity index (χ1) is 7.20. The van der Waals surface area contributed by atoms with Crippen LogP contribution < -0.4 is 11.1 Å². The fourth-order valence-electron chi connectivity index (χ4n) is 0.862. The number of carbonyl (C=O) groups excluding carboxylic acids is 2. The van der Waals surface area contributed by atoms with E-state index in [0.717, 1.165) is 5.75 Å². The van der Waals surface area contributed by atoms with Crippen molar-refractivity contribution in [3.05, 3.63) is 0 Å². The Labute approximate surface area is 94.1 Å². The normalized spacial score (nSPS) is 9.73. The molecule has 0 aromatic rings. The Morgan fingerprint density at radius 2 is 2.20 bits per heavy atom. The minimum Gasteiger partial charge on any atom is -0.469 e. The molecule has 0 aliphatic carbocycles. The highest BCUT2D eigenvalue weighted by Gasteiger charge is 2.02. The lowest BCUT2D eigenvalue weighted by atomic mass is 10.3. The van der Waals surface area contributed by atoms with Crippen LogP contribution in [0.3, 0.4) is 0 Å². The summed E-state index contributed by atoms with van der Waals surface area (Å²) in [4.78, 5) is 21.9. The van der Waals surface area contributed by atoms with Gasteiger partial charge in [-0.3, -0.25) is 9.59 Å². The molecular formula is C9H18N2O3S. The number of hydrogen-bond acceptors (Lipinski definition) is 5. The third-order valence-corrected chi connectivity index (χ3v) is 2.59. The lowest BCUT2D eigenvalue weighted by Crippen LogP contribution is -2.27. The number of carbonyl (C=O) groups is 2. The molecule has 0 bridgehead atoms. The van der Waals surface area contributed by atoms with Crippen LogP contribution in [-0.4, -0.2) is 43.6 Å². The van der Waals surface area contributed by atoms with Crippen LogP contribution in [0.1, 0.15) is 12.8 Å². The Bertz CT molecular complexity index is 200. The zero-order valence-electron chi connectivity index (χ0n) is 8.95. The van der Waals surface area contributed by atoms with E-state index < -0.39 is 0 Å². The minimum absolute atomic E-state index is 0.0154. The Kier molecular flexibility index (Phi) is 9.30. The molecule has 0 aromatic heterocycles. The van der Waals surface area contributed by atoms with Crippen LogP contribution in [0.2, 0.25) is 0 Å². The number of thioether (sulfide) groups is 1. The molecule has 88 valence electrons. The molecule has 6 heteroatoms. The molecule has 0 aliphatic heterocycles. The topological polar surface area (TPSA) is 81.4 Å². The van der Waals surface area contributed by atoms with Gasteiger partial charge in [0.15, 0.2) is 0 Å². The number of amides is 1. The van der Waals surface area contributed by atoms with Crippen LogP contribution in [0.4, 0.5) is 0 Å². The SMILES string of the molecule is COC(=O)CCCNC(=O)CSCCN. The van der Waals surface area contributed by atoms with Gasteiger partial charge in [0, 0.05) is 25.3 Å². The Morgan fingerprint density at radius 3 is 2.80 bits per heavy atom. The summed E-state index contributed by atoms with van der Waals surface area (Å²) < 4.78 is 4.47. The van der Waals surface area contributed by atoms with E-state index in [1.807, 2.05) is 0 Å². The first kappa shape index (κ1) is 14.2. The summed E-state index contributed by atoms with van der Waals surface area (Å²) in [6.07, 6.45) is 0.951. The first-order valence-corrected chi connectivity index (χ1v) is 5.97. The Morgan fingerprint density at radius 1 is 1.47 bits per heavy atom. The largest absolute Gasteiger partial charge is 0.469 e. The molecular weight excluding hydrogens is 216 g/mol. The smallest absolute Gasteiger partial charge is 0.305 e. The molecule has 0 aromatic carbocycles. The third kappa shape index (κ3) is 9.55. The lowest BCUT2D eigenvalue weighted by molar-refractivity contribution is -0.140. The van der Waals surface area contributed by atoms with Gasteiger partial charge in [-0.15, -0.1) is 0 Å². The van der Waals surface area contributed by atoms with Gasteiger partial charge in [-0.05, 0) is 6.42 Å². The second kappa shape index (κ2) is 9.79. The molecule has 0 saturated carbocycles. The van der Waals surface area contributed by atoms with Gasteiger partial charge in [0.1, 0.15) is 0 Å². The number of nitrogens with two attached hydrogens (primary N) is 1. The Hall–Kier alpha value is -0.750. The summed E-state index contributed by atoms with van der Waals surface area (Å²) in [5.41, 5.74) is 5.28. The highest BCUT2D eigenvalue weighted by molar-refractivity contribution is 7.99. The molecule has 0 fully saturated rings. The third-order valence-electron chi connectivity index (χ3n) is 1.60. The van der Waals surface area contributed by atoms with E-state index in [1.54, 1.807) is 0 Å². The maximum Gasteiger partial charge on any atom is 0.305 e. The van der Waals surface area contributed by atoms with E-state index in [-0.39, 0.29) is 11.9 Å². The molecule has 3 N–H and O–H groups in total. The quantitative estimate of drug-likeness (QED) is 0.447. The van der Waals surface area contributed by atoms with E-state index in [1.165, 1.54) is 18.9 Å². The van der Waals surface area contributed by atoms with E-state index in [4.69, 9.17) is 5.73 Å². The monoisotopic (exact) mass is 234 g/mol. The number of nitrogens with one attached hydrogen (secondary N) is 1. The van der Waals surface area contributed by atoms with E-state index >= 15 is 0 Å². The summed E-state index contributed by atoms with van der Waals surface area (Å²) in [7, 11) is 1.35. The van der Waals surface area contributed by atoms with Crippen LogP contribution in [-0.2, 0) is 14.3 Å². The highest BCUT2D eigenvalue weighted by atomic mass is 32.2. The second-order valence-corrected chi connectivity index (χ2v) is 3.98. The lowest BCUT2D eigenvalue weighted by Gasteiger charge is -2.03. The van der Waals surface area contributed by atoms with Gasteiger partial charge in [0.25, 0.3) is 0 Å². The van der Waals surface area contributed by atoms with Crippen molar-refractivity contribution < 1.29 is 14.3 Å². The average molecular weight is 234 g/mol. The van der Waals surface area contributed by atoms with Gasteiger partial charge in [-0.2, -0.15) is 11.8 Å². The maximum absolute atomic E-state index is 11.1. The van der Waals surface area contributed by atoms with E-state index in [2.05, 4.69) is 10.1 Å². The summed E-state index contributed by atoms with van der Waals surface area (Å²) in [5, 5.41) is 2.71. The van der Waals surface area contributed by atoms with Gasteiger partial charge in [-0.1, -0.05) is 0 Å². The van der Waals surface area contributed by atoms with Gasteiger partial charge in [0.05, 0.1) is 12.9 Å². The molecule has 0 atom stereocenters. The van der Waals surface area contributed by atoms with Crippen molar-refractivity contribution >= 4 is 23.6 Å². The second-order valence-electron chi connectivity index (χ2n) is 2.87. The summed E-state index contributed by atoms with van der Waals surface area (Å²) in [5.74, 6) is 0.949. The minimum atomic E-state index is -0.248. The van der Waals surface area contributed by atoms with Crippen molar-refractivity contribution in [1.29, 1.82) is 0 Å². The number of methoxy groups -OCH3 is 1. The number of hydrogen-bond donors (Lipinski definition) is 2. The molecule has 0 unspecified atom stereocenters. The van der Waals surface area contributed by atoms with E-state index in [9.17, 15) is 9.59 Å². The highest BCUT2D eigenvalue weighted by Crippen LogP contribution is 1.96. The predicted octanol–water partition coefficient (Wildman–Crippen LogP) is -0.252. The first-order valence-electron chi connectivity index (χ1n) is 4.82. The van der Waals surface area contributed by atoms with Crippen molar-refractivity contribution in [3.63, 3.8) is 0 Å². The standard InChI is InChI=1S/C9H18N2O3S/c1-14-9(13)3-2-5-11-8(12)7-15-6-4-10/h2-7,10H2,1H3,(H,11,12). The molecule has 5 nitrogen and oxygen atoms in total. The van der Waals surface area contributed by atoms with Crippen molar-refractivity contribution in [3.8, 4) is 0 Å². The molecule has 0 rings (SSSR count). The maximum atomic E-state index is 11.1. The fraction of sp³-hybridized carbons (Fsp3) is 0.778. The van der Waals surface area contributed by atoms with Crippen LogP contribution in [0.5, 0.6) is 0 Å². The molecule has 0 radical (unpaired) electrons. The molecule has 15 heavy (non-hydrogen) atoms. The summed E-state index contributed by atoms with van der Waals surface area (Å²) in [6, 6.07) is 0. The van der Waals surface area contributed by atoms with Crippen molar-refractivity contribution in [1.82, 2.24) is 5.32 Å². The van der Waals surface area contributed by atoms with Gasteiger partial charge < -0.3 is 15.8 Å². The molecule has 1 amide bonds. The Balaban J connectivity index is 3.27. The molecule has 0 spiro atoms. The van der Waals surface area contributed by atoms with E-state index in [0.29, 0.717) is 31.7 Å². The van der Waals surface area contributed by atoms with Gasteiger partial charge >= 0.3 is 5.97 Å². The number of rotatable bonds is 8. The fourth-order valence-corrected chi connectivity index (χ4v) is 1.46.